The summed E-state index contributed by atoms with van der Waals surface area (Å²) in [6, 6.07) is 12.1. The van der Waals surface area contributed by atoms with E-state index in [0.29, 0.717) is 22.7 Å². The summed E-state index contributed by atoms with van der Waals surface area (Å²) in [6.45, 7) is 2.30. The fraction of sp³-hybridized carbons (Fsp3) is 0.278. The fourth-order valence-electron chi connectivity index (χ4n) is 2.69. The number of hydrogen-bond acceptors (Lipinski definition) is 5. The average Bonchev–Trinajstić information content (AvgIpc) is 3.05. The number of carbonyl (C=O) groups excluding carboxylic acids is 1. The van der Waals surface area contributed by atoms with Gasteiger partial charge in [0.1, 0.15) is 0 Å². The molecule has 1 aliphatic heterocycles. The molecule has 138 valence electrons. The zero-order chi connectivity index (χ0) is 18.7. The normalized spacial score (nSPS) is 12.7. The highest BCUT2D eigenvalue weighted by atomic mass is 32.2. The largest absolute Gasteiger partial charge is 0.454 e. The molecule has 1 heterocycles. The predicted molar refractivity (Wildman–Crippen MR) is 98.3 cm³/mol. The fourth-order valence-corrected chi connectivity index (χ4v) is 3.61. The summed E-state index contributed by atoms with van der Waals surface area (Å²) in [7, 11) is -3.52. The highest BCUT2D eigenvalue weighted by Gasteiger charge is 2.21. The molecule has 1 N–H and O–H groups in total. The maximum absolute atomic E-state index is 12.2. The number of sulfonamides is 1. The van der Waals surface area contributed by atoms with Crippen LogP contribution in [0.5, 0.6) is 11.5 Å². The molecule has 0 spiro atoms. The van der Waals surface area contributed by atoms with Gasteiger partial charge in [0, 0.05) is 18.2 Å². The minimum Gasteiger partial charge on any atom is -0.454 e. The minimum atomic E-state index is -3.52. The second-order valence-electron chi connectivity index (χ2n) is 6.00. The first-order valence-electron chi connectivity index (χ1n) is 8.07. The third-order valence-electron chi connectivity index (χ3n) is 3.93. The van der Waals surface area contributed by atoms with Gasteiger partial charge in [-0.25, -0.2) is 8.42 Å². The number of aryl methyl sites for hydroxylation is 1. The van der Waals surface area contributed by atoms with E-state index >= 15 is 0 Å². The summed E-state index contributed by atoms with van der Waals surface area (Å²) in [5.74, 6) is 0.836. The number of ether oxygens (including phenoxy) is 2. The zero-order valence-electron chi connectivity index (χ0n) is 14.6. The lowest BCUT2D eigenvalue weighted by Gasteiger charge is -2.22. The molecule has 0 bridgehead atoms. The number of fused-ring (bicyclic) bond motifs is 1. The van der Waals surface area contributed by atoms with Crippen LogP contribution in [0.15, 0.2) is 42.5 Å². The van der Waals surface area contributed by atoms with Crippen LogP contribution < -0.4 is 19.1 Å². The Labute approximate surface area is 152 Å². The second-order valence-corrected chi connectivity index (χ2v) is 7.90. The van der Waals surface area contributed by atoms with Crippen LogP contribution in [0, 0.1) is 6.92 Å². The number of rotatable bonds is 6. The van der Waals surface area contributed by atoms with Gasteiger partial charge in [0.25, 0.3) is 5.91 Å². The number of nitrogens with zero attached hydrogens (tertiary/aromatic N) is 1. The lowest BCUT2D eigenvalue weighted by atomic mass is 10.1. The molecule has 3 rings (SSSR count). The summed E-state index contributed by atoms with van der Waals surface area (Å²) in [4.78, 5) is 12.2. The van der Waals surface area contributed by atoms with Crippen LogP contribution >= 0.6 is 0 Å². The molecule has 0 radical (unpaired) electrons. The van der Waals surface area contributed by atoms with Gasteiger partial charge < -0.3 is 14.8 Å². The van der Waals surface area contributed by atoms with Crippen molar-refractivity contribution in [1.82, 2.24) is 5.32 Å². The highest BCUT2D eigenvalue weighted by molar-refractivity contribution is 7.92. The number of benzene rings is 2. The van der Waals surface area contributed by atoms with E-state index in [-0.39, 0.29) is 25.8 Å². The Kier molecular flexibility index (Phi) is 5.03. The van der Waals surface area contributed by atoms with Crippen molar-refractivity contribution in [2.24, 2.45) is 0 Å². The molecule has 0 aliphatic carbocycles. The van der Waals surface area contributed by atoms with E-state index in [1.165, 1.54) is 4.31 Å². The van der Waals surface area contributed by atoms with Crippen LogP contribution in [0.2, 0.25) is 0 Å². The van der Waals surface area contributed by atoms with E-state index < -0.39 is 10.0 Å². The summed E-state index contributed by atoms with van der Waals surface area (Å²) in [6.07, 6.45) is 1.12. The molecular formula is C18H20N2O5S. The molecule has 0 fully saturated rings. The lowest BCUT2D eigenvalue weighted by molar-refractivity contribution is 0.0954. The topological polar surface area (TPSA) is 84.9 Å². The molecule has 0 unspecified atom stereocenters. The average molecular weight is 376 g/mol. The monoisotopic (exact) mass is 376 g/mol. The van der Waals surface area contributed by atoms with Crippen molar-refractivity contribution in [1.29, 1.82) is 0 Å². The summed E-state index contributed by atoms with van der Waals surface area (Å²) in [5, 5.41) is 2.75. The summed E-state index contributed by atoms with van der Waals surface area (Å²) < 4.78 is 36.1. The van der Waals surface area contributed by atoms with Gasteiger partial charge in [0.15, 0.2) is 11.5 Å². The second kappa shape index (κ2) is 7.25. The van der Waals surface area contributed by atoms with E-state index in [4.69, 9.17) is 9.47 Å². The molecule has 8 heteroatoms. The van der Waals surface area contributed by atoms with Crippen LogP contribution in [0.3, 0.4) is 0 Å². The number of hydrogen-bond donors (Lipinski definition) is 1. The van der Waals surface area contributed by atoms with Crippen LogP contribution in [0.4, 0.5) is 5.69 Å². The maximum Gasteiger partial charge on any atom is 0.251 e. The molecule has 1 aliphatic rings. The van der Waals surface area contributed by atoms with Crippen molar-refractivity contribution in [3.63, 3.8) is 0 Å². The third kappa shape index (κ3) is 4.08. The Hall–Kier alpha value is -2.74. The third-order valence-corrected chi connectivity index (χ3v) is 5.12. The van der Waals surface area contributed by atoms with Crippen molar-refractivity contribution >= 4 is 21.6 Å². The van der Waals surface area contributed by atoms with Gasteiger partial charge in [-0.1, -0.05) is 17.7 Å². The molecular weight excluding hydrogens is 356 g/mol. The number of nitrogens with one attached hydrogen (secondary N) is 1. The van der Waals surface area contributed by atoms with Crippen LogP contribution in [-0.2, 0) is 10.0 Å². The Morgan fingerprint density at radius 2 is 1.92 bits per heavy atom. The van der Waals surface area contributed by atoms with Gasteiger partial charge >= 0.3 is 0 Å². The van der Waals surface area contributed by atoms with E-state index in [9.17, 15) is 13.2 Å². The van der Waals surface area contributed by atoms with E-state index in [2.05, 4.69) is 5.32 Å². The molecule has 26 heavy (non-hydrogen) atoms. The Morgan fingerprint density at radius 3 is 2.65 bits per heavy atom. The van der Waals surface area contributed by atoms with Crippen molar-refractivity contribution in [2.75, 3.05) is 30.4 Å². The van der Waals surface area contributed by atoms with Gasteiger partial charge in [-0.15, -0.1) is 0 Å². The Bertz CT molecular complexity index is 927. The SMILES string of the molecule is Cc1cccc(C(=O)NCCN(c2ccc3c(c2)OCO3)S(C)(=O)=O)c1. The number of carbonyl (C=O) groups is 1. The maximum atomic E-state index is 12.2. The predicted octanol–water partition coefficient (Wildman–Crippen LogP) is 1.92. The molecule has 2 aromatic rings. The molecule has 2 aromatic carbocycles. The molecule has 0 atom stereocenters. The van der Waals surface area contributed by atoms with Crippen molar-refractivity contribution in [2.45, 2.75) is 6.92 Å². The Morgan fingerprint density at radius 1 is 1.15 bits per heavy atom. The molecule has 0 aromatic heterocycles. The minimum absolute atomic E-state index is 0.107. The van der Waals surface area contributed by atoms with E-state index in [1.54, 1.807) is 36.4 Å². The smallest absolute Gasteiger partial charge is 0.251 e. The van der Waals surface area contributed by atoms with Crippen LogP contribution in [0.1, 0.15) is 15.9 Å². The van der Waals surface area contributed by atoms with E-state index in [0.717, 1.165) is 11.8 Å². The first kappa shape index (κ1) is 18.1. The number of anilines is 1. The van der Waals surface area contributed by atoms with Crippen LogP contribution in [-0.4, -0.2) is 40.5 Å². The standard InChI is InChI=1S/C18H20N2O5S/c1-13-4-3-5-14(10-13)18(21)19-8-9-20(26(2,22)23)15-6-7-16-17(11-15)25-12-24-16/h3-7,10-11H,8-9,12H2,1-2H3,(H,19,21). The van der Waals surface area contributed by atoms with E-state index in [1.807, 2.05) is 13.0 Å². The van der Waals surface area contributed by atoms with Crippen molar-refractivity contribution < 1.29 is 22.7 Å². The van der Waals surface area contributed by atoms with Crippen molar-refractivity contribution in [3.05, 3.63) is 53.6 Å². The zero-order valence-corrected chi connectivity index (χ0v) is 15.4. The van der Waals surface area contributed by atoms with Crippen LogP contribution in [0.25, 0.3) is 0 Å². The lowest BCUT2D eigenvalue weighted by Crippen LogP contribution is -2.38. The summed E-state index contributed by atoms with van der Waals surface area (Å²) in [5.41, 5.74) is 1.98. The molecule has 0 saturated carbocycles. The van der Waals surface area contributed by atoms with Gasteiger partial charge in [-0.2, -0.15) is 0 Å². The molecule has 0 saturated heterocycles. The Balaban J connectivity index is 1.69. The summed E-state index contributed by atoms with van der Waals surface area (Å²) >= 11 is 0. The first-order chi connectivity index (χ1) is 12.3. The highest BCUT2D eigenvalue weighted by Crippen LogP contribution is 2.35. The van der Waals surface area contributed by atoms with Gasteiger partial charge in [-0.3, -0.25) is 9.10 Å². The van der Waals surface area contributed by atoms with Gasteiger partial charge in [0.2, 0.25) is 16.8 Å². The first-order valence-corrected chi connectivity index (χ1v) is 9.91. The quantitative estimate of drug-likeness (QED) is 0.833. The van der Waals surface area contributed by atoms with Crippen molar-refractivity contribution in [3.8, 4) is 11.5 Å². The van der Waals surface area contributed by atoms with Gasteiger partial charge in [-0.05, 0) is 31.2 Å². The molecule has 1 amide bonds. The number of amides is 1. The molecule has 7 nitrogen and oxygen atoms in total. The van der Waals surface area contributed by atoms with Gasteiger partial charge in [0.05, 0.1) is 18.5 Å².